The standard InChI is InChI=1S/C13H27NO4/c1-4-11(5-2)14(7-8-15)10-12(16)9-13(17)18-6-3/h11-12,15-16H,4-10H2,1-3H3. The Morgan fingerprint density at radius 2 is 1.89 bits per heavy atom. The second-order valence-electron chi connectivity index (χ2n) is 4.35. The minimum atomic E-state index is -0.740. The van der Waals surface area contributed by atoms with Gasteiger partial charge < -0.3 is 14.9 Å². The van der Waals surface area contributed by atoms with Crippen LogP contribution in [0.1, 0.15) is 40.0 Å². The molecular formula is C13H27NO4. The van der Waals surface area contributed by atoms with Crippen LogP contribution < -0.4 is 0 Å². The molecule has 0 bridgehead atoms. The summed E-state index contributed by atoms with van der Waals surface area (Å²) in [5.74, 6) is -0.376. The number of esters is 1. The van der Waals surface area contributed by atoms with Gasteiger partial charge in [0.05, 0.1) is 25.7 Å². The fourth-order valence-corrected chi connectivity index (χ4v) is 2.10. The Bertz CT molecular complexity index is 219. The van der Waals surface area contributed by atoms with Gasteiger partial charge in [-0.2, -0.15) is 0 Å². The van der Waals surface area contributed by atoms with E-state index in [9.17, 15) is 9.90 Å². The molecule has 0 aliphatic heterocycles. The highest BCUT2D eigenvalue weighted by Crippen LogP contribution is 2.10. The molecule has 0 aromatic rings. The molecule has 0 rings (SSSR count). The number of carbonyl (C=O) groups excluding carboxylic acids is 1. The normalized spacial score (nSPS) is 13.1. The van der Waals surface area contributed by atoms with E-state index in [0.29, 0.717) is 25.7 Å². The predicted molar refractivity (Wildman–Crippen MR) is 70.3 cm³/mol. The summed E-state index contributed by atoms with van der Waals surface area (Å²) in [5, 5.41) is 18.9. The molecule has 0 aliphatic carbocycles. The Kier molecular flexibility index (Phi) is 9.92. The topological polar surface area (TPSA) is 70.0 Å². The van der Waals surface area contributed by atoms with Gasteiger partial charge in [-0.15, -0.1) is 0 Å². The molecule has 0 aromatic heterocycles. The SMILES string of the molecule is CCOC(=O)CC(O)CN(CCO)C(CC)CC. The summed E-state index contributed by atoms with van der Waals surface area (Å²) >= 11 is 0. The molecule has 0 saturated heterocycles. The van der Waals surface area contributed by atoms with Crippen molar-refractivity contribution in [2.45, 2.75) is 52.2 Å². The summed E-state index contributed by atoms with van der Waals surface area (Å²) in [6, 6.07) is 0.328. The minimum absolute atomic E-state index is 0.00984. The summed E-state index contributed by atoms with van der Waals surface area (Å²) in [6.07, 6.45) is 1.19. The van der Waals surface area contributed by atoms with E-state index in [1.54, 1.807) is 6.92 Å². The summed E-state index contributed by atoms with van der Waals surface area (Å²) < 4.78 is 4.80. The Morgan fingerprint density at radius 3 is 2.33 bits per heavy atom. The molecule has 0 amide bonds. The van der Waals surface area contributed by atoms with Crippen LogP contribution in [0.15, 0.2) is 0 Å². The summed E-state index contributed by atoms with van der Waals surface area (Å²) in [4.78, 5) is 13.3. The fourth-order valence-electron chi connectivity index (χ4n) is 2.10. The average molecular weight is 261 g/mol. The highest BCUT2D eigenvalue weighted by atomic mass is 16.5. The van der Waals surface area contributed by atoms with Crippen LogP contribution in [0.25, 0.3) is 0 Å². The van der Waals surface area contributed by atoms with Crippen LogP contribution in [0.2, 0.25) is 0 Å². The number of aliphatic hydroxyl groups is 2. The first-order valence-electron chi connectivity index (χ1n) is 6.77. The summed E-state index contributed by atoms with van der Waals surface area (Å²) in [6.45, 7) is 7.21. The molecule has 1 unspecified atom stereocenters. The third-order valence-electron chi connectivity index (χ3n) is 3.00. The van der Waals surface area contributed by atoms with Crippen molar-refractivity contribution in [2.24, 2.45) is 0 Å². The van der Waals surface area contributed by atoms with E-state index in [2.05, 4.69) is 13.8 Å². The molecule has 0 heterocycles. The number of hydrogen-bond donors (Lipinski definition) is 2. The number of ether oxygens (including phenoxy) is 1. The minimum Gasteiger partial charge on any atom is -0.466 e. The van der Waals surface area contributed by atoms with Gasteiger partial charge in [-0.25, -0.2) is 0 Å². The maximum Gasteiger partial charge on any atom is 0.308 e. The largest absolute Gasteiger partial charge is 0.466 e. The fraction of sp³-hybridized carbons (Fsp3) is 0.923. The smallest absolute Gasteiger partial charge is 0.308 e. The van der Waals surface area contributed by atoms with Gasteiger partial charge in [-0.05, 0) is 19.8 Å². The zero-order chi connectivity index (χ0) is 14.0. The lowest BCUT2D eigenvalue weighted by Gasteiger charge is -2.31. The van der Waals surface area contributed by atoms with Crippen molar-refractivity contribution in [3.05, 3.63) is 0 Å². The van der Waals surface area contributed by atoms with E-state index in [-0.39, 0.29) is 19.0 Å². The van der Waals surface area contributed by atoms with Gasteiger partial charge in [0.2, 0.25) is 0 Å². The van der Waals surface area contributed by atoms with Crippen molar-refractivity contribution in [3.8, 4) is 0 Å². The van der Waals surface area contributed by atoms with Crippen LogP contribution >= 0.6 is 0 Å². The third kappa shape index (κ3) is 6.93. The van der Waals surface area contributed by atoms with Crippen molar-refractivity contribution < 1.29 is 19.7 Å². The average Bonchev–Trinajstić information content (AvgIpc) is 2.30. The first kappa shape index (κ1) is 17.4. The van der Waals surface area contributed by atoms with Crippen LogP contribution in [0.3, 0.4) is 0 Å². The molecule has 0 spiro atoms. The molecule has 0 radical (unpaired) electrons. The van der Waals surface area contributed by atoms with Crippen molar-refractivity contribution in [2.75, 3.05) is 26.3 Å². The zero-order valence-electron chi connectivity index (χ0n) is 11.8. The Labute approximate surface area is 110 Å². The molecular weight excluding hydrogens is 234 g/mol. The molecule has 2 N–H and O–H groups in total. The number of carbonyl (C=O) groups is 1. The van der Waals surface area contributed by atoms with Gasteiger partial charge in [0, 0.05) is 19.1 Å². The van der Waals surface area contributed by atoms with Gasteiger partial charge in [-0.3, -0.25) is 9.69 Å². The van der Waals surface area contributed by atoms with Crippen molar-refractivity contribution in [3.63, 3.8) is 0 Å². The second kappa shape index (κ2) is 10.3. The van der Waals surface area contributed by atoms with Gasteiger partial charge in [-0.1, -0.05) is 13.8 Å². The van der Waals surface area contributed by atoms with Gasteiger partial charge in [0.25, 0.3) is 0 Å². The maximum atomic E-state index is 11.3. The molecule has 108 valence electrons. The van der Waals surface area contributed by atoms with Gasteiger partial charge in [0.15, 0.2) is 0 Å². The molecule has 0 fully saturated rings. The van der Waals surface area contributed by atoms with E-state index in [1.807, 2.05) is 4.90 Å². The quantitative estimate of drug-likeness (QED) is 0.569. The number of hydrogen-bond acceptors (Lipinski definition) is 5. The second-order valence-corrected chi connectivity index (χ2v) is 4.35. The third-order valence-corrected chi connectivity index (χ3v) is 3.00. The number of aliphatic hydroxyl groups excluding tert-OH is 2. The highest BCUT2D eigenvalue weighted by molar-refractivity contribution is 5.69. The van der Waals surface area contributed by atoms with Crippen LogP contribution in [0.5, 0.6) is 0 Å². The van der Waals surface area contributed by atoms with E-state index in [4.69, 9.17) is 9.84 Å². The molecule has 1 atom stereocenters. The predicted octanol–water partition coefficient (Wildman–Crippen LogP) is 0.783. The monoisotopic (exact) mass is 261 g/mol. The van der Waals surface area contributed by atoms with Crippen molar-refractivity contribution in [1.29, 1.82) is 0 Å². The zero-order valence-corrected chi connectivity index (χ0v) is 11.8. The van der Waals surface area contributed by atoms with E-state index < -0.39 is 6.10 Å². The summed E-state index contributed by atoms with van der Waals surface area (Å²) in [7, 11) is 0. The summed E-state index contributed by atoms with van der Waals surface area (Å²) in [5.41, 5.74) is 0. The molecule has 5 heteroatoms. The first-order chi connectivity index (χ1) is 8.58. The van der Waals surface area contributed by atoms with E-state index in [1.165, 1.54) is 0 Å². The lowest BCUT2D eigenvalue weighted by atomic mass is 10.1. The molecule has 18 heavy (non-hydrogen) atoms. The van der Waals surface area contributed by atoms with E-state index >= 15 is 0 Å². The van der Waals surface area contributed by atoms with Crippen molar-refractivity contribution >= 4 is 5.97 Å². The lowest BCUT2D eigenvalue weighted by molar-refractivity contribution is -0.145. The first-order valence-corrected chi connectivity index (χ1v) is 6.77. The molecule has 0 aromatic carbocycles. The van der Waals surface area contributed by atoms with Crippen LogP contribution in [-0.2, 0) is 9.53 Å². The van der Waals surface area contributed by atoms with Crippen molar-refractivity contribution in [1.82, 2.24) is 4.90 Å². The van der Waals surface area contributed by atoms with E-state index in [0.717, 1.165) is 12.8 Å². The van der Waals surface area contributed by atoms with Crippen LogP contribution in [0, 0.1) is 0 Å². The van der Waals surface area contributed by atoms with Crippen LogP contribution in [-0.4, -0.2) is 59.5 Å². The number of rotatable bonds is 10. The lowest BCUT2D eigenvalue weighted by Crippen LogP contribution is -2.42. The Morgan fingerprint density at radius 1 is 1.28 bits per heavy atom. The Balaban J connectivity index is 4.25. The maximum absolute atomic E-state index is 11.3. The highest BCUT2D eigenvalue weighted by Gasteiger charge is 2.20. The molecule has 0 saturated carbocycles. The number of nitrogens with zero attached hydrogens (tertiary/aromatic N) is 1. The van der Waals surface area contributed by atoms with Gasteiger partial charge >= 0.3 is 5.97 Å². The van der Waals surface area contributed by atoms with Crippen LogP contribution in [0.4, 0.5) is 0 Å². The molecule has 5 nitrogen and oxygen atoms in total. The Hall–Kier alpha value is -0.650. The molecule has 0 aliphatic rings. The van der Waals surface area contributed by atoms with Gasteiger partial charge in [0.1, 0.15) is 0 Å².